The van der Waals surface area contributed by atoms with Gasteiger partial charge in [-0.1, -0.05) is 18.2 Å². The molecule has 1 fully saturated rings. The zero-order valence-electron chi connectivity index (χ0n) is 13.7. The number of carbonyl (C=O) groups is 3. The van der Waals surface area contributed by atoms with Crippen LogP contribution >= 0.6 is 0 Å². The summed E-state index contributed by atoms with van der Waals surface area (Å²) in [4.78, 5) is 37.5. The van der Waals surface area contributed by atoms with Crippen molar-refractivity contribution >= 4 is 28.9 Å². The van der Waals surface area contributed by atoms with Gasteiger partial charge in [0, 0.05) is 5.39 Å². The Kier molecular flexibility index (Phi) is 3.79. The fourth-order valence-electron chi connectivity index (χ4n) is 2.67. The van der Waals surface area contributed by atoms with Crippen LogP contribution in [0.15, 0.2) is 34.7 Å². The number of esters is 1. The molecule has 7 nitrogen and oxygen atoms in total. The van der Waals surface area contributed by atoms with E-state index in [9.17, 15) is 14.4 Å². The number of urea groups is 1. The first-order valence-corrected chi connectivity index (χ1v) is 7.64. The van der Waals surface area contributed by atoms with Gasteiger partial charge in [0.15, 0.2) is 5.54 Å². The summed E-state index contributed by atoms with van der Waals surface area (Å²) in [6.45, 7) is 4.52. The molecule has 1 aromatic carbocycles. The van der Waals surface area contributed by atoms with Crippen molar-refractivity contribution in [3.8, 4) is 0 Å². The van der Waals surface area contributed by atoms with Crippen molar-refractivity contribution in [3.05, 3.63) is 36.1 Å². The van der Waals surface area contributed by atoms with Gasteiger partial charge in [0.05, 0.1) is 6.10 Å². The highest BCUT2D eigenvalue weighted by atomic mass is 16.5. The maximum absolute atomic E-state index is 12.7. The largest absolute Gasteiger partial charge is 0.462 e. The molecule has 1 N–H and O–H groups in total. The summed E-state index contributed by atoms with van der Waals surface area (Å²) >= 11 is 0. The van der Waals surface area contributed by atoms with Crippen molar-refractivity contribution in [3.63, 3.8) is 0 Å². The van der Waals surface area contributed by atoms with Gasteiger partial charge in [-0.2, -0.15) is 0 Å². The number of imide groups is 1. The molecule has 0 spiro atoms. The number of nitrogens with one attached hydrogen (secondary N) is 1. The molecule has 7 heteroatoms. The smallest absolute Gasteiger partial charge is 0.326 e. The highest BCUT2D eigenvalue weighted by Crippen LogP contribution is 2.32. The summed E-state index contributed by atoms with van der Waals surface area (Å²) in [6.07, 6.45) is -0.319. The Morgan fingerprint density at radius 3 is 2.71 bits per heavy atom. The van der Waals surface area contributed by atoms with Crippen molar-refractivity contribution in [2.24, 2.45) is 0 Å². The second-order valence-electron chi connectivity index (χ2n) is 6.13. The maximum atomic E-state index is 12.7. The van der Waals surface area contributed by atoms with E-state index in [1.807, 2.05) is 18.2 Å². The van der Waals surface area contributed by atoms with Crippen LogP contribution in [-0.4, -0.2) is 35.5 Å². The summed E-state index contributed by atoms with van der Waals surface area (Å²) < 4.78 is 10.7. The third-order valence-electron chi connectivity index (χ3n) is 3.85. The number of hydrogen-bond acceptors (Lipinski definition) is 5. The van der Waals surface area contributed by atoms with E-state index in [0.29, 0.717) is 11.3 Å². The van der Waals surface area contributed by atoms with Gasteiger partial charge in [0.25, 0.3) is 5.91 Å². The number of para-hydroxylation sites is 1. The lowest BCUT2D eigenvalue weighted by molar-refractivity contribution is -0.151. The van der Waals surface area contributed by atoms with E-state index < -0.39 is 30.0 Å². The predicted molar refractivity (Wildman–Crippen MR) is 85.0 cm³/mol. The van der Waals surface area contributed by atoms with E-state index in [2.05, 4.69) is 5.32 Å². The van der Waals surface area contributed by atoms with Crippen molar-refractivity contribution in [1.29, 1.82) is 0 Å². The molecular formula is C17H18N2O5. The Balaban J connectivity index is 1.87. The molecule has 1 atom stereocenters. The normalized spacial score (nSPS) is 20.8. The van der Waals surface area contributed by atoms with Crippen molar-refractivity contribution in [2.45, 2.75) is 32.4 Å². The lowest BCUT2D eigenvalue weighted by Gasteiger charge is -2.19. The number of rotatable bonds is 4. The molecule has 1 aliphatic heterocycles. The minimum Gasteiger partial charge on any atom is -0.462 e. The summed E-state index contributed by atoms with van der Waals surface area (Å²) in [5, 5.41) is 3.43. The Hall–Kier alpha value is -2.83. The highest BCUT2D eigenvalue weighted by molar-refractivity contribution is 6.08. The number of ether oxygens (including phenoxy) is 1. The molecular weight excluding hydrogens is 312 g/mol. The van der Waals surface area contributed by atoms with E-state index in [-0.39, 0.29) is 6.10 Å². The monoisotopic (exact) mass is 330 g/mol. The highest BCUT2D eigenvalue weighted by Gasteiger charge is 2.51. The lowest BCUT2D eigenvalue weighted by Crippen LogP contribution is -2.41. The van der Waals surface area contributed by atoms with Crippen LogP contribution in [0, 0.1) is 0 Å². The Bertz CT molecular complexity index is 792. The summed E-state index contributed by atoms with van der Waals surface area (Å²) in [5.41, 5.74) is -0.734. The molecule has 0 saturated carbocycles. The van der Waals surface area contributed by atoms with Crippen LogP contribution in [0.25, 0.3) is 11.0 Å². The van der Waals surface area contributed by atoms with Gasteiger partial charge in [-0.25, -0.2) is 4.79 Å². The van der Waals surface area contributed by atoms with Crippen LogP contribution in [0.4, 0.5) is 4.79 Å². The van der Waals surface area contributed by atoms with Gasteiger partial charge >= 0.3 is 12.0 Å². The Morgan fingerprint density at radius 2 is 2.04 bits per heavy atom. The van der Waals surface area contributed by atoms with Crippen molar-refractivity contribution in [2.75, 3.05) is 6.54 Å². The molecule has 0 unspecified atom stereocenters. The van der Waals surface area contributed by atoms with Crippen molar-refractivity contribution in [1.82, 2.24) is 10.2 Å². The van der Waals surface area contributed by atoms with E-state index in [0.717, 1.165) is 10.3 Å². The SMILES string of the molecule is CC(C)OC(=O)CN1C(=O)N[C@@](C)(c2cc3ccccc3o2)C1=O. The summed E-state index contributed by atoms with van der Waals surface area (Å²) in [6, 6.07) is 8.37. The second kappa shape index (κ2) is 5.67. The molecule has 126 valence electrons. The van der Waals surface area contributed by atoms with E-state index in [4.69, 9.17) is 9.15 Å². The molecule has 2 heterocycles. The van der Waals surface area contributed by atoms with Gasteiger partial charge in [-0.3, -0.25) is 14.5 Å². The number of amides is 3. The summed E-state index contributed by atoms with van der Waals surface area (Å²) in [7, 11) is 0. The van der Waals surface area contributed by atoms with Crippen molar-refractivity contribution < 1.29 is 23.5 Å². The quantitative estimate of drug-likeness (QED) is 0.685. The molecule has 2 aromatic rings. The molecule has 1 aromatic heterocycles. The van der Waals surface area contributed by atoms with E-state index >= 15 is 0 Å². The topological polar surface area (TPSA) is 88.8 Å². The van der Waals surface area contributed by atoms with Gasteiger partial charge in [0.2, 0.25) is 0 Å². The minimum atomic E-state index is -1.35. The molecule has 0 aliphatic carbocycles. The first kappa shape index (κ1) is 16.0. The third kappa shape index (κ3) is 2.62. The van der Waals surface area contributed by atoms with Crippen LogP contribution in [0.2, 0.25) is 0 Å². The van der Waals surface area contributed by atoms with E-state index in [1.165, 1.54) is 0 Å². The Labute approximate surface area is 138 Å². The molecule has 1 saturated heterocycles. The number of nitrogens with zero attached hydrogens (tertiary/aromatic N) is 1. The lowest BCUT2D eigenvalue weighted by atomic mass is 9.99. The standard InChI is InChI=1S/C17H18N2O5/c1-10(2)23-14(20)9-19-15(21)17(3,18-16(19)22)13-8-11-6-4-5-7-12(11)24-13/h4-8,10H,9H2,1-3H3,(H,18,22)/t17-/m0/s1. The molecule has 3 rings (SSSR count). The van der Waals surface area contributed by atoms with Gasteiger partial charge in [-0.15, -0.1) is 0 Å². The predicted octanol–water partition coefficient (Wildman–Crippen LogP) is 2.15. The Morgan fingerprint density at radius 1 is 1.33 bits per heavy atom. The average molecular weight is 330 g/mol. The van der Waals surface area contributed by atoms with Gasteiger partial charge in [-0.05, 0) is 32.9 Å². The molecule has 24 heavy (non-hydrogen) atoms. The van der Waals surface area contributed by atoms with Crippen LogP contribution in [-0.2, 0) is 19.9 Å². The minimum absolute atomic E-state index is 0.319. The van der Waals surface area contributed by atoms with Crippen LogP contribution in [0.1, 0.15) is 26.5 Å². The number of hydrogen-bond donors (Lipinski definition) is 1. The number of benzene rings is 1. The van der Waals surface area contributed by atoms with Crippen LogP contribution in [0.5, 0.6) is 0 Å². The first-order valence-electron chi connectivity index (χ1n) is 7.64. The molecule has 0 bridgehead atoms. The second-order valence-corrected chi connectivity index (χ2v) is 6.13. The average Bonchev–Trinajstić information content (AvgIpc) is 3.03. The fourth-order valence-corrected chi connectivity index (χ4v) is 2.67. The molecule has 1 aliphatic rings. The molecule has 0 radical (unpaired) electrons. The first-order chi connectivity index (χ1) is 11.3. The fraction of sp³-hybridized carbons (Fsp3) is 0.353. The number of fused-ring (bicyclic) bond motifs is 1. The van der Waals surface area contributed by atoms with Gasteiger partial charge < -0.3 is 14.5 Å². The summed E-state index contributed by atoms with van der Waals surface area (Å²) in [5.74, 6) is -0.864. The van der Waals surface area contributed by atoms with Gasteiger partial charge in [0.1, 0.15) is 17.9 Å². The maximum Gasteiger partial charge on any atom is 0.326 e. The zero-order valence-corrected chi connectivity index (χ0v) is 13.7. The van der Waals surface area contributed by atoms with E-state index in [1.54, 1.807) is 32.9 Å². The molecule has 3 amide bonds. The number of carbonyl (C=O) groups excluding carboxylic acids is 3. The van der Waals surface area contributed by atoms with Crippen LogP contribution in [0.3, 0.4) is 0 Å². The number of furan rings is 1. The third-order valence-corrected chi connectivity index (χ3v) is 3.85. The van der Waals surface area contributed by atoms with Crippen LogP contribution < -0.4 is 5.32 Å². The zero-order chi connectivity index (χ0) is 17.5.